The van der Waals surface area contributed by atoms with Crippen molar-refractivity contribution in [2.24, 2.45) is 0 Å². The summed E-state index contributed by atoms with van der Waals surface area (Å²) in [4.78, 5) is 18.6. The van der Waals surface area contributed by atoms with Crippen molar-refractivity contribution in [1.29, 1.82) is 0 Å². The van der Waals surface area contributed by atoms with E-state index in [0.717, 1.165) is 16.2 Å². The summed E-state index contributed by atoms with van der Waals surface area (Å²) in [6.45, 7) is 0. The van der Waals surface area contributed by atoms with E-state index in [0.29, 0.717) is 5.69 Å². The molecule has 0 unspecified atom stereocenters. The first-order valence-electron chi connectivity index (χ1n) is 8.89. The van der Waals surface area contributed by atoms with Gasteiger partial charge in [-0.2, -0.15) is 0 Å². The van der Waals surface area contributed by atoms with Crippen molar-refractivity contribution in [3.63, 3.8) is 0 Å². The van der Waals surface area contributed by atoms with E-state index in [1.54, 1.807) is 0 Å². The van der Waals surface area contributed by atoms with Crippen LogP contribution in [0.4, 0.5) is 11.5 Å². The van der Waals surface area contributed by atoms with Gasteiger partial charge in [0, 0.05) is 5.69 Å². The van der Waals surface area contributed by atoms with Gasteiger partial charge in [0.1, 0.15) is 5.15 Å². The maximum absolute atomic E-state index is 12.4. The maximum atomic E-state index is 12.4. The molecule has 31 heavy (non-hydrogen) atoms. The average molecular weight is 475 g/mol. The van der Waals surface area contributed by atoms with Crippen molar-refractivity contribution >= 4 is 61.8 Å². The van der Waals surface area contributed by atoms with Crippen LogP contribution in [0.15, 0.2) is 70.7 Å². The lowest BCUT2D eigenvalue weighted by Gasteiger charge is -2.15. The lowest BCUT2D eigenvalue weighted by atomic mass is 10.3. The van der Waals surface area contributed by atoms with Crippen molar-refractivity contribution in [3.05, 3.63) is 70.5 Å². The monoisotopic (exact) mass is 474 g/mol. The van der Waals surface area contributed by atoms with Crippen LogP contribution < -0.4 is 10.3 Å². The number of thioether (sulfide) groups is 1. The molecule has 12 heteroatoms. The highest BCUT2D eigenvalue weighted by Crippen LogP contribution is 2.26. The molecule has 0 aliphatic heterocycles. The SMILES string of the molecule is O=C(CSc1[nH]c2ccccc2[nH+]1)Nc1ccc(S(=O)(=O)[N-]c2ccc(Cl)nn2)cc1. The van der Waals surface area contributed by atoms with E-state index in [1.807, 2.05) is 24.3 Å². The third-order valence-corrected chi connectivity index (χ3v) is 6.43. The average Bonchev–Trinajstić information content (AvgIpc) is 3.17. The van der Waals surface area contributed by atoms with E-state index in [1.165, 1.54) is 48.2 Å². The fraction of sp³-hybridized carbons (Fsp3) is 0.0526. The molecular weight excluding hydrogens is 460 g/mol. The van der Waals surface area contributed by atoms with Crippen molar-refractivity contribution in [2.75, 3.05) is 11.1 Å². The second kappa shape index (κ2) is 8.92. The first kappa shape index (κ1) is 21.1. The highest BCUT2D eigenvalue weighted by molar-refractivity contribution is 7.99. The number of anilines is 1. The van der Waals surface area contributed by atoms with Crippen LogP contribution in [-0.2, 0) is 14.8 Å². The minimum absolute atomic E-state index is 0.0377. The normalized spacial score (nSPS) is 11.4. The number of sulfonamides is 1. The summed E-state index contributed by atoms with van der Waals surface area (Å²) < 4.78 is 28.4. The molecule has 0 atom stereocenters. The van der Waals surface area contributed by atoms with Crippen LogP contribution in [-0.4, -0.2) is 35.3 Å². The van der Waals surface area contributed by atoms with Crippen LogP contribution in [0.2, 0.25) is 5.15 Å². The summed E-state index contributed by atoms with van der Waals surface area (Å²) in [5.41, 5.74) is 2.38. The molecule has 2 heterocycles. The highest BCUT2D eigenvalue weighted by Gasteiger charge is 2.13. The number of halogens is 1. The number of aromatic amines is 2. The molecule has 0 aliphatic carbocycles. The summed E-state index contributed by atoms with van der Waals surface area (Å²) >= 11 is 6.96. The predicted molar refractivity (Wildman–Crippen MR) is 118 cm³/mol. The van der Waals surface area contributed by atoms with E-state index in [9.17, 15) is 13.2 Å². The topological polar surface area (TPSA) is 133 Å². The van der Waals surface area contributed by atoms with Gasteiger partial charge in [-0.1, -0.05) is 29.8 Å². The van der Waals surface area contributed by atoms with Crippen LogP contribution in [0.25, 0.3) is 15.8 Å². The standard InChI is InChI=1S/C19H15ClN6O3S2/c20-16-9-10-17(25-24-16)26-31(28,29)13-7-5-12(6-8-13)21-18(27)11-30-19-22-14-3-1-2-4-15(14)23-19/h1-10H,11H2,(H3,21,22,23,25,26,27). The van der Waals surface area contributed by atoms with E-state index < -0.39 is 10.0 Å². The summed E-state index contributed by atoms with van der Waals surface area (Å²) in [5.74, 6) is -0.130. The second-order valence-electron chi connectivity index (χ2n) is 6.27. The Balaban J connectivity index is 1.35. The molecule has 0 fully saturated rings. The van der Waals surface area contributed by atoms with Crippen LogP contribution in [0.3, 0.4) is 0 Å². The number of para-hydroxylation sites is 2. The van der Waals surface area contributed by atoms with Gasteiger partial charge in [0.15, 0.2) is 11.0 Å². The Hall–Kier alpha value is -3.15. The Morgan fingerprint density at radius 3 is 2.58 bits per heavy atom. The molecular formula is C19H15ClN6O3S2. The third kappa shape index (κ3) is 5.32. The van der Waals surface area contributed by atoms with E-state index in [4.69, 9.17) is 11.6 Å². The number of hydrogen-bond donors (Lipinski definition) is 2. The first-order valence-corrected chi connectivity index (χ1v) is 11.7. The quantitative estimate of drug-likeness (QED) is 0.393. The number of rotatable bonds is 7. The van der Waals surface area contributed by atoms with Gasteiger partial charge in [-0.05, 0) is 60.0 Å². The molecule has 4 aromatic rings. The van der Waals surface area contributed by atoms with E-state index >= 15 is 0 Å². The van der Waals surface area contributed by atoms with Gasteiger partial charge in [0.2, 0.25) is 15.9 Å². The third-order valence-electron chi connectivity index (χ3n) is 4.04. The zero-order chi connectivity index (χ0) is 21.8. The number of carbonyl (C=O) groups is 1. The Labute approximate surface area is 186 Å². The van der Waals surface area contributed by atoms with Gasteiger partial charge in [0.05, 0.1) is 10.6 Å². The number of aromatic nitrogens is 4. The summed E-state index contributed by atoms with van der Waals surface area (Å²) in [6.07, 6.45) is 0. The van der Waals surface area contributed by atoms with Gasteiger partial charge in [0.25, 0.3) is 0 Å². The van der Waals surface area contributed by atoms with Crippen molar-refractivity contribution < 1.29 is 18.2 Å². The Bertz CT molecular complexity index is 1290. The molecule has 0 bridgehead atoms. The summed E-state index contributed by atoms with van der Waals surface area (Å²) in [7, 11) is -3.98. The lowest BCUT2D eigenvalue weighted by molar-refractivity contribution is -0.396. The predicted octanol–water partition coefficient (Wildman–Crippen LogP) is 3.55. The van der Waals surface area contributed by atoms with Crippen molar-refractivity contribution in [3.8, 4) is 0 Å². The number of carbonyl (C=O) groups excluding carboxylic acids is 1. The van der Waals surface area contributed by atoms with Crippen LogP contribution in [0.5, 0.6) is 0 Å². The molecule has 0 aliphatic rings. The molecule has 158 valence electrons. The number of fused-ring (bicyclic) bond motifs is 1. The summed E-state index contributed by atoms with van der Waals surface area (Å²) in [6, 6.07) is 16.2. The molecule has 2 aromatic heterocycles. The zero-order valence-electron chi connectivity index (χ0n) is 15.7. The van der Waals surface area contributed by atoms with Crippen LogP contribution in [0, 0.1) is 0 Å². The van der Waals surface area contributed by atoms with Crippen LogP contribution >= 0.6 is 23.4 Å². The molecule has 0 saturated carbocycles. The van der Waals surface area contributed by atoms with Gasteiger partial charge in [-0.25, -0.2) is 23.5 Å². The maximum Gasteiger partial charge on any atom is 0.315 e. The summed E-state index contributed by atoms with van der Waals surface area (Å²) in [5, 5.41) is 10.8. The fourth-order valence-corrected chi connectivity index (χ4v) is 4.37. The van der Waals surface area contributed by atoms with Gasteiger partial charge in [-0.15, -0.1) is 0 Å². The fourth-order valence-electron chi connectivity index (χ4n) is 2.63. The number of amides is 1. The van der Waals surface area contributed by atoms with Gasteiger partial charge < -0.3 is 15.1 Å². The second-order valence-corrected chi connectivity index (χ2v) is 9.24. The smallest absolute Gasteiger partial charge is 0.315 e. The van der Waals surface area contributed by atoms with E-state index in [2.05, 4.69) is 30.2 Å². The lowest BCUT2D eigenvalue weighted by Crippen LogP contribution is -2.15. The van der Waals surface area contributed by atoms with Gasteiger partial charge in [-0.3, -0.25) is 4.79 Å². The van der Waals surface area contributed by atoms with Gasteiger partial charge >= 0.3 is 5.16 Å². The molecule has 0 radical (unpaired) electrons. The number of imidazole rings is 1. The Morgan fingerprint density at radius 1 is 1.10 bits per heavy atom. The molecule has 4 rings (SSSR count). The van der Waals surface area contributed by atoms with Crippen molar-refractivity contribution in [1.82, 2.24) is 15.2 Å². The number of hydrogen-bond acceptors (Lipinski definition) is 6. The van der Waals surface area contributed by atoms with Crippen molar-refractivity contribution in [2.45, 2.75) is 10.1 Å². The first-order chi connectivity index (χ1) is 14.9. The van der Waals surface area contributed by atoms with Crippen LogP contribution in [0.1, 0.15) is 0 Å². The minimum Gasteiger partial charge on any atom is -0.352 e. The molecule has 0 spiro atoms. The largest absolute Gasteiger partial charge is 0.352 e. The number of benzene rings is 2. The number of nitrogens with one attached hydrogen (secondary N) is 3. The Morgan fingerprint density at radius 2 is 1.87 bits per heavy atom. The zero-order valence-corrected chi connectivity index (χ0v) is 18.1. The van der Waals surface area contributed by atoms with E-state index in [-0.39, 0.29) is 27.5 Å². The molecule has 9 nitrogen and oxygen atoms in total. The number of H-pyrrole nitrogens is 2. The molecule has 0 saturated heterocycles. The number of nitrogens with zero attached hydrogens (tertiary/aromatic N) is 3. The minimum atomic E-state index is -3.98. The molecule has 2 aromatic carbocycles. The highest BCUT2D eigenvalue weighted by atomic mass is 35.5. The Kier molecular flexibility index (Phi) is 6.07. The molecule has 1 amide bonds. The molecule has 3 N–H and O–H groups in total.